The molecule has 0 saturated carbocycles. The number of rotatable bonds is 15. The second kappa shape index (κ2) is 17.4. The molecule has 0 bridgehead atoms. The van der Waals surface area contributed by atoms with Crippen molar-refractivity contribution >= 4 is 18.0 Å². The van der Waals surface area contributed by atoms with Crippen LogP contribution in [0, 0.1) is 0 Å². The van der Waals surface area contributed by atoms with Gasteiger partial charge in [-0.1, -0.05) is 88.8 Å². The fourth-order valence-corrected chi connectivity index (χ4v) is 5.47. The quantitative estimate of drug-likeness (QED) is 0.102. The van der Waals surface area contributed by atoms with Gasteiger partial charge in [-0.05, 0) is 51.0 Å². The summed E-state index contributed by atoms with van der Waals surface area (Å²) in [6.07, 6.45) is 5.29. The molecule has 0 aliphatic carbocycles. The highest BCUT2D eigenvalue weighted by molar-refractivity contribution is 5.90. The number of ether oxygens (including phenoxy) is 6. The predicted octanol–water partition coefficient (Wildman–Crippen LogP) is 6.44. The van der Waals surface area contributed by atoms with Crippen LogP contribution in [0.15, 0.2) is 65.7 Å². The van der Waals surface area contributed by atoms with Crippen LogP contribution in [0.5, 0.6) is 0 Å². The van der Waals surface area contributed by atoms with Crippen LogP contribution in [-0.2, 0) is 28.4 Å². The molecule has 2 aliphatic heterocycles. The Kier molecular flexibility index (Phi) is 13.4. The second-order valence-electron chi connectivity index (χ2n) is 12.2. The normalized spacial score (nSPS) is 24.0. The first-order valence-electron chi connectivity index (χ1n) is 16.7. The highest BCUT2D eigenvalue weighted by Gasteiger charge is 2.62. The van der Waals surface area contributed by atoms with E-state index in [-0.39, 0.29) is 13.2 Å². The molecule has 2 aromatic carbocycles. The maximum absolute atomic E-state index is 13.6. The number of esters is 2. The highest BCUT2D eigenvalue weighted by Crippen LogP contribution is 2.42. The van der Waals surface area contributed by atoms with E-state index in [9.17, 15) is 9.59 Å². The van der Waals surface area contributed by atoms with E-state index in [1.54, 1.807) is 62.4 Å². The third kappa shape index (κ3) is 10.0. The number of amidine groups is 1. The van der Waals surface area contributed by atoms with Crippen LogP contribution >= 0.6 is 0 Å². The minimum absolute atomic E-state index is 0.0279. The first-order valence-corrected chi connectivity index (χ1v) is 16.7. The van der Waals surface area contributed by atoms with Gasteiger partial charge in [-0.3, -0.25) is 0 Å². The van der Waals surface area contributed by atoms with Crippen molar-refractivity contribution in [3.05, 3.63) is 71.8 Å². The van der Waals surface area contributed by atoms with E-state index in [1.807, 2.05) is 12.1 Å². The fourth-order valence-electron chi connectivity index (χ4n) is 5.47. The van der Waals surface area contributed by atoms with E-state index in [1.165, 1.54) is 0 Å². The average Bonchev–Trinajstić information content (AvgIpc) is 3.38. The Morgan fingerprint density at radius 2 is 1.41 bits per heavy atom. The van der Waals surface area contributed by atoms with Gasteiger partial charge in [0.15, 0.2) is 24.1 Å². The summed E-state index contributed by atoms with van der Waals surface area (Å²) in [5, 5.41) is 3.36. The summed E-state index contributed by atoms with van der Waals surface area (Å²) in [5.41, 5.74) is 0.719. The summed E-state index contributed by atoms with van der Waals surface area (Å²) in [7, 11) is 0. The molecule has 46 heavy (non-hydrogen) atoms. The third-order valence-corrected chi connectivity index (χ3v) is 7.96. The SMILES string of the molecule is CCCCCCN=C(NCCCCCC)O[C@@H]1[C@H](OC(=O)c2ccccc2)CO[C@]2(COC(C)(C)O2)[C@H]1OC(=O)c1ccccc1. The zero-order valence-corrected chi connectivity index (χ0v) is 27.7. The van der Waals surface area contributed by atoms with Crippen molar-refractivity contribution < 1.29 is 38.0 Å². The van der Waals surface area contributed by atoms with Crippen LogP contribution < -0.4 is 5.32 Å². The number of hydrogen-bond donors (Lipinski definition) is 1. The van der Waals surface area contributed by atoms with Crippen LogP contribution in [-0.4, -0.2) is 74.1 Å². The molecule has 10 heteroatoms. The summed E-state index contributed by atoms with van der Waals surface area (Å²) in [5.74, 6) is -3.69. The van der Waals surface area contributed by atoms with E-state index < -0.39 is 41.8 Å². The van der Waals surface area contributed by atoms with Crippen LogP contribution in [0.25, 0.3) is 0 Å². The predicted molar refractivity (Wildman–Crippen MR) is 175 cm³/mol. The second-order valence-corrected chi connectivity index (χ2v) is 12.2. The van der Waals surface area contributed by atoms with Gasteiger partial charge in [-0.25, -0.2) is 14.6 Å². The van der Waals surface area contributed by atoms with Crippen LogP contribution in [0.2, 0.25) is 0 Å². The molecule has 2 heterocycles. The number of aliphatic imine (C=N–C) groups is 1. The van der Waals surface area contributed by atoms with Crippen molar-refractivity contribution in [2.45, 2.75) is 109 Å². The van der Waals surface area contributed by atoms with Crippen LogP contribution in [0.4, 0.5) is 0 Å². The van der Waals surface area contributed by atoms with Crippen molar-refractivity contribution in [2.75, 3.05) is 26.3 Å². The molecule has 4 atom stereocenters. The number of nitrogens with one attached hydrogen (secondary N) is 1. The van der Waals surface area contributed by atoms with Crippen molar-refractivity contribution in [1.82, 2.24) is 5.32 Å². The fraction of sp³-hybridized carbons (Fsp3) is 0.583. The lowest BCUT2D eigenvalue weighted by molar-refractivity contribution is -0.334. The largest absolute Gasteiger partial charge is 0.454 e. The molecule has 0 radical (unpaired) electrons. The van der Waals surface area contributed by atoms with Gasteiger partial charge in [0.1, 0.15) is 6.61 Å². The lowest BCUT2D eigenvalue weighted by Gasteiger charge is -2.45. The number of unbranched alkanes of at least 4 members (excludes halogenated alkanes) is 6. The lowest BCUT2D eigenvalue weighted by atomic mass is 9.96. The smallest absolute Gasteiger partial charge is 0.338 e. The summed E-state index contributed by atoms with van der Waals surface area (Å²) in [6.45, 7) is 8.96. The molecular weight excluding hydrogens is 588 g/mol. The number of carbonyl (C=O) groups is 2. The van der Waals surface area contributed by atoms with E-state index >= 15 is 0 Å². The minimum Gasteiger partial charge on any atom is -0.454 e. The highest BCUT2D eigenvalue weighted by atomic mass is 16.8. The van der Waals surface area contributed by atoms with Gasteiger partial charge in [0.05, 0.1) is 17.7 Å². The van der Waals surface area contributed by atoms with Crippen molar-refractivity contribution in [2.24, 2.45) is 4.99 Å². The van der Waals surface area contributed by atoms with Gasteiger partial charge in [0.2, 0.25) is 5.79 Å². The molecule has 2 aliphatic rings. The molecular formula is C36H50N2O8. The number of carbonyl (C=O) groups excluding carboxylic acids is 2. The van der Waals surface area contributed by atoms with Crippen LogP contribution in [0.3, 0.4) is 0 Å². The zero-order chi connectivity index (χ0) is 32.8. The molecule has 2 saturated heterocycles. The summed E-state index contributed by atoms with van der Waals surface area (Å²) >= 11 is 0. The molecule has 1 spiro atoms. The molecule has 10 nitrogen and oxygen atoms in total. The van der Waals surface area contributed by atoms with E-state index in [4.69, 9.17) is 33.4 Å². The van der Waals surface area contributed by atoms with Gasteiger partial charge >= 0.3 is 11.9 Å². The van der Waals surface area contributed by atoms with Gasteiger partial charge in [-0.15, -0.1) is 0 Å². The van der Waals surface area contributed by atoms with E-state index in [2.05, 4.69) is 19.2 Å². The summed E-state index contributed by atoms with van der Waals surface area (Å²) in [4.78, 5) is 31.7. The Balaban J connectivity index is 1.67. The number of benzene rings is 2. The Labute approximate surface area is 273 Å². The first-order chi connectivity index (χ1) is 22.3. The van der Waals surface area contributed by atoms with Gasteiger partial charge in [-0.2, -0.15) is 0 Å². The standard InChI is InChI=1S/C36H50N2O8/c1-5-7-9-17-23-37-34(38-24-18-10-8-6-2)44-30-29(43-32(39)27-19-13-11-14-20-27)25-41-36(26-42-35(3,4)46-36)31(30)45-33(40)28-21-15-12-16-22-28/h11-16,19-22,29-31H,5-10,17-18,23-26H2,1-4H3,(H,37,38)/t29-,30-,31+,36+/m1/s1. The minimum atomic E-state index is -1.51. The number of nitrogens with zero attached hydrogens (tertiary/aromatic N) is 1. The van der Waals surface area contributed by atoms with Gasteiger partial charge in [0.25, 0.3) is 6.02 Å². The van der Waals surface area contributed by atoms with Crippen molar-refractivity contribution in [1.29, 1.82) is 0 Å². The lowest BCUT2D eigenvalue weighted by Crippen LogP contribution is -2.66. The number of hydrogen-bond acceptors (Lipinski definition) is 9. The molecule has 0 unspecified atom stereocenters. The molecule has 1 N–H and O–H groups in total. The van der Waals surface area contributed by atoms with Gasteiger partial charge < -0.3 is 33.7 Å². The Morgan fingerprint density at radius 1 is 0.804 bits per heavy atom. The molecule has 2 fully saturated rings. The van der Waals surface area contributed by atoms with Crippen molar-refractivity contribution in [3.63, 3.8) is 0 Å². The van der Waals surface area contributed by atoms with E-state index in [0.717, 1.165) is 51.4 Å². The summed E-state index contributed by atoms with van der Waals surface area (Å²) < 4.78 is 37.4. The maximum Gasteiger partial charge on any atom is 0.338 e. The molecule has 0 amide bonds. The molecule has 252 valence electrons. The topological polar surface area (TPSA) is 114 Å². The summed E-state index contributed by atoms with van der Waals surface area (Å²) in [6, 6.07) is 17.7. The average molecular weight is 639 g/mol. The maximum atomic E-state index is 13.6. The molecule has 2 aromatic rings. The monoisotopic (exact) mass is 638 g/mol. The molecule has 0 aromatic heterocycles. The van der Waals surface area contributed by atoms with E-state index in [0.29, 0.717) is 30.2 Å². The molecule has 4 rings (SSSR count). The Morgan fingerprint density at radius 3 is 2.00 bits per heavy atom. The van der Waals surface area contributed by atoms with Crippen LogP contribution in [0.1, 0.15) is 99.8 Å². The Hall–Kier alpha value is -3.47. The third-order valence-electron chi connectivity index (χ3n) is 7.96. The first kappa shape index (κ1) is 35.4. The van der Waals surface area contributed by atoms with Crippen molar-refractivity contribution in [3.8, 4) is 0 Å². The Bertz CT molecular complexity index is 1260. The zero-order valence-electron chi connectivity index (χ0n) is 27.7. The van der Waals surface area contributed by atoms with Gasteiger partial charge in [0, 0.05) is 13.1 Å².